The lowest BCUT2D eigenvalue weighted by atomic mass is 9.70. The van der Waals surface area contributed by atoms with Crippen molar-refractivity contribution in [2.45, 2.75) is 148 Å². The Morgan fingerprint density at radius 2 is 1.56 bits per heavy atom. The molecule has 12 nitrogen and oxygen atoms in total. The molecule has 4 rings (SSSR count). The molecule has 2 saturated heterocycles. The fourth-order valence-corrected chi connectivity index (χ4v) is 9.53. The van der Waals surface area contributed by atoms with Crippen molar-refractivity contribution in [3.8, 4) is 0 Å². The average molecular weight is 891 g/mol. The molecule has 14 atom stereocenters. The molecule has 61 heavy (non-hydrogen) atoms. The molecule has 2 aromatic rings. The molecule has 0 bridgehead atoms. The number of rotatable bonds is 11. The van der Waals surface area contributed by atoms with Gasteiger partial charge in [-0.25, -0.2) is 0 Å². The number of ketones is 1. The molecule has 0 saturated carbocycles. The maximum Gasteiger partial charge on any atom is 0.309 e. The number of nitrogens with zero attached hydrogens (tertiary/aromatic N) is 3. The number of hydrogen-bond donors (Lipinski definition) is 3. The summed E-state index contributed by atoms with van der Waals surface area (Å²) in [5.74, 6) is -4.16. The highest BCUT2D eigenvalue weighted by molar-refractivity contribution is 6.30. The van der Waals surface area contributed by atoms with Crippen LogP contribution in [0.15, 0.2) is 58.7 Å². The van der Waals surface area contributed by atoms with E-state index in [4.69, 9.17) is 47.3 Å². The number of halogens is 2. The van der Waals surface area contributed by atoms with E-state index < -0.39 is 77.5 Å². The van der Waals surface area contributed by atoms with E-state index in [0.29, 0.717) is 27.9 Å². The van der Waals surface area contributed by atoms with Gasteiger partial charge in [0, 0.05) is 47.7 Å². The van der Waals surface area contributed by atoms with Gasteiger partial charge in [-0.15, -0.1) is 0 Å². The van der Waals surface area contributed by atoms with Crippen molar-refractivity contribution in [1.82, 2.24) is 4.90 Å². The second-order valence-corrected chi connectivity index (χ2v) is 19.0. The van der Waals surface area contributed by atoms with Gasteiger partial charge in [-0.1, -0.05) is 82.1 Å². The Kier molecular flexibility index (Phi) is 18.1. The largest absolute Gasteiger partial charge is 0.459 e. The number of aliphatic hydroxyl groups excluding tert-OH is 2. The quantitative estimate of drug-likeness (QED) is 0.117. The minimum Gasteiger partial charge on any atom is -0.459 e. The Bertz CT molecular complexity index is 1820. The molecule has 0 spiro atoms. The summed E-state index contributed by atoms with van der Waals surface area (Å²) >= 11 is 12.3. The number of esters is 1. The van der Waals surface area contributed by atoms with E-state index in [9.17, 15) is 24.9 Å². The Balaban J connectivity index is 1.92. The average Bonchev–Trinajstić information content (AvgIpc) is 3.21. The lowest BCUT2D eigenvalue weighted by Gasteiger charge is -2.49. The summed E-state index contributed by atoms with van der Waals surface area (Å²) in [6.45, 7) is 16.3. The molecule has 2 aromatic carbocycles. The molecule has 0 aromatic heterocycles. The van der Waals surface area contributed by atoms with Gasteiger partial charge in [0.2, 0.25) is 0 Å². The summed E-state index contributed by atoms with van der Waals surface area (Å²) in [6, 6.07) is 14.0. The third kappa shape index (κ3) is 12.5. The maximum absolute atomic E-state index is 14.4. The molecule has 3 N–H and O–H groups in total. The molecule has 2 aliphatic rings. The smallest absolute Gasteiger partial charge is 0.309 e. The van der Waals surface area contributed by atoms with Crippen molar-refractivity contribution >= 4 is 46.4 Å². The zero-order valence-electron chi connectivity index (χ0n) is 38.0. The van der Waals surface area contributed by atoms with E-state index in [-0.39, 0.29) is 43.6 Å². The van der Waals surface area contributed by atoms with Gasteiger partial charge >= 0.3 is 5.97 Å². The topological polar surface area (TPSA) is 160 Å². The van der Waals surface area contributed by atoms with Crippen LogP contribution >= 0.6 is 23.2 Å². The van der Waals surface area contributed by atoms with Gasteiger partial charge in [0.15, 0.2) is 6.29 Å². The second kappa shape index (κ2) is 21.7. The van der Waals surface area contributed by atoms with Crippen LogP contribution in [0.1, 0.15) is 99.1 Å². The van der Waals surface area contributed by atoms with Crippen molar-refractivity contribution in [3.05, 3.63) is 69.7 Å². The Hall–Kier alpha value is -2.78. The highest BCUT2D eigenvalue weighted by atomic mass is 35.5. The van der Waals surface area contributed by atoms with Crippen LogP contribution in [0, 0.1) is 29.6 Å². The van der Waals surface area contributed by atoms with Gasteiger partial charge in [0.05, 0.1) is 35.5 Å². The SMILES string of the molecule is CCC1OC(=O)C(C)C(CC(=O)Cc2ccc(Cl)cc2)C(C)C(OC2OC(C)CC(N(C)C)C2O)C(C)(OC)CC(C)C(=NN=C(C)c2ccc(Cl)cc2)C(C)C(O)C1(C)O. The minimum atomic E-state index is -1.92. The van der Waals surface area contributed by atoms with Crippen molar-refractivity contribution in [2.75, 3.05) is 21.2 Å². The summed E-state index contributed by atoms with van der Waals surface area (Å²) in [7, 11) is 5.38. The molecule has 2 heterocycles. The summed E-state index contributed by atoms with van der Waals surface area (Å²) in [6.07, 6.45) is -4.74. The van der Waals surface area contributed by atoms with Gasteiger partial charge in [-0.05, 0) is 114 Å². The Labute approximate surface area is 373 Å². The van der Waals surface area contributed by atoms with Crippen LogP contribution in [0.3, 0.4) is 0 Å². The Morgan fingerprint density at radius 3 is 2.11 bits per heavy atom. The van der Waals surface area contributed by atoms with Crippen LogP contribution in [0.2, 0.25) is 10.0 Å². The number of Topliss-reactive ketones (excluding diaryl/α,β-unsaturated/α-hetero) is 1. The lowest BCUT2D eigenvalue weighted by molar-refractivity contribution is -0.299. The third-order valence-corrected chi connectivity index (χ3v) is 13.7. The zero-order chi connectivity index (χ0) is 45.6. The first-order valence-corrected chi connectivity index (χ1v) is 22.3. The van der Waals surface area contributed by atoms with Crippen LogP contribution in [0.4, 0.5) is 0 Å². The number of ether oxygens (including phenoxy) is 4. The standard InChI is InChI=1S/C47H69Cl2N3O9/c1-13-39-47(9,57)42(55)30(6)40(51-50-31(7)33-16-20-35(49)21-17-33)26(2)25-46(8,58-12)43(61-45-41(54)38(52(10)11)22-27(3)59-45)28(4)37(29(5)44(56)60-39)24-36(53)23-32-14-18-34(48)19-15-32/h14-21,26-30,37-39,41-43,45,54-55,57H,13,22-25H2,1-12H3. The summed E-state index contributed by atoms with van der Waals surface area (Å²) in [4.78, 5) is 30.5. The van der Waals surface area contributed by atoms with Crippen molar-refractivity contribution in [3.63, 3.8) is 0 Å². The van der Waals surface area contributed by atoms with E-state index >= 15 is 0 Å². The lowest BCUT2D eigenvalue weighted by Crippen LogP contribution is -2.60. The van der Waals surface area contributed by atoms with Crippen LogP contribution in [0.5, 0.6) is 0 Å². The number of carbonyl (C=O) groups is 2. The zero-order valence-corrected chi connectivity index (χ0v) is 39.5. The number of carbonyl (C=O) groups excluding carboxylic acids is 2. The fraction of sp³-hybridized carbons (Fsp3) is 0.660. The van der Waals surface area contributed by atoms with E-state index in [0.717, 1.165) is 11.1 Å². The van der Waals surface area contributed by atoms with Gasteiger partial charge in [0.25, 0.3) is 0 Å². The molecule has 14 heteroatoms. The fourth-order valence-electron chi connectivity index (χ4n) is 9.28. The van der Waals surface area contributed by atoms with Crippen molar-refractivity contribution < 1.29 is 43.9 Å². The van der Waals surface area contributed by atoms with E-state index in [1.54, 1.807) is 64.3 Å². The molecule has 0 radical (unpaired) electrons. The highest BCUT2D eigenvalue weighted by Crippen LogP contribution is 2.42. The van der Waals surface area contributed by atoms with Gasteiger partial charge < -0.3 is 39.2 Å². The molecule has 0 aliphatic carbocycles. The van der Waals surface area contributed by atoms with E-state index in [1.165, 1.54) is 6.92 Å². The monoisotopic (exact) mass is 889 g/mol. The van der Waals surface area contributed by atoms with E-state index in [1.807, 2.05) is 65.7 Å². The minimum absolute atomic E-state index is 0.0295. The third-order valence-electron chi connectivity index (χ3n) is 13.2. The van der Waals surface area contributed by atoms with Gasteiger partial charge in [-0.3, -0.25) is 9.59 Å². The number of aliphatic hydroxyl groups is 3. The van der Waals surface area contributed by atoms with Crippen LogP contribution in [-0.4, -0.2) is 119 Å². The number of methoxy groups -OCH3 is 1. The molecule has 0 amide bonds. The normalized spacial score (nSPS) is 36.7. The predicted octanol–water partition coefficient (Wildman–Crippen LogP) is 7.57. The van der Waals surface area contributed by atoms with E-state index in [2.05, 4.69) is 5.10 Å². The van der Waals surface area contributed by atoms with Crippen molar-refractivity contribution in [2.24, 2.45) is 39.8 Å². The number of hydrogen-bond acceptors (Lipinski definition) is 12. The molecular weight excluding hydrogens is 821 g/mol. The van der Waals surface area contributed by atoms with Crippen LogP contribution in [-0.2, 0) is 35.0 Å². The van der Waals surface area contributed by atoms with Gasteiger partial charge in [0.1, 0.15) is 23.6 Å². The predicted molar refractivity (Wildman–Crippen MR) is 240 cm³/mol. The Morgan fingerprint density at radius 1 is 0.967 bits per heavy atom. The molecule has 2 fully saturated rings. The van der Waals surface area contributed by atoms with Gasteiger partial charge in [-0.2, -0.15) is 10.2 Å². The summed E-state index contributed by atoms with van der Waals surface area (Å²) < 4.78 is 26.0. The highest BCUT2D eigenvalue weighted by Gasteiger charge is 2.52. The maximum atomic E-state index is 14.4. The first-order valence-electron chi connectivity index (χ1n) is 21.5. The number of likely N-dealkylation sites (N-methyl/N-ethyl adjacent to an activating group) is 1. The number of benzene rings is 2. The first kappa shape index (κ1) is 50.9. The van der Waals surface area contributed by atoms with Crippen LogP contribution in [0.25, 0.3) is 0 Å². The van der Waals surface area contributed by atoms with Crippen molar-refractivity contribution in [1.29, 1.82) is 0 Å². The van der Waals surface area contributed by atoms with Crippen LogP contribution < -0.4 is 0 Å². The molecule has 2 aliphatic heterocycles. The summed E-state index contributed by atoms with van der Waals surface area (Å²) in [5, 5.41) is 46.5. The first-order chi connectivity index (χ1) is 28.5. The number of cyclic esters (lactones) is 1. The molecule has 340 valence electrons. The summed E-state index contributed by atoms with van der Waals surface area (Å²) in [5.41, 5.74) is -0.467. The molecule has 14 unspecified atom stereocenters. The molecular formula is C47H69Cl2N3O9. The second-order valence-electron chi connectivity index (χ2n) is 18.1.